The number of hydrogen-bond donors (Lipinski definition) is 7. The molecule has 1 aromatic rings. The molecule has 0 aromatic heterocycles. The number of aliphatic hydroxyl groups is 3. The van der Waals surface area contributed by atoms with Crippen molar-refractivity contribution in [2.45, 2.75) is 80.1 Å². The van der Waals surface area contributed by atoms with Crippen molar-refractivity contribution in [1.82, 2.24) is 10.2 Å². The van der Waals surface area contributed by atoms with Gasteiger partial charge in [-0.2, -0.15) is 0 Å². The molecule has 5 rings (SSSR count). The molecular formula is C28H32N2O14. The molecule has 1 amide bonds. The maximum Gasteiger partial charge on any atom is 0.343 e. The highest BCUT2D eigenvalue weighted by Crippen LogP contribution is 2.65. The molecule has 7 N–H and O–H groups in total. The van der Waals surface area contributed by atoms with Crippen molar-refractivity contribution < 1.29 is 68.8 Å². The van der Waals surface area contributed by atoms with E-state index >= 15 is 0 Å². The summed E-state index contributed by atoms with van der Waals surface area (Å²) < 4.78 is 16.3. The predicted molar refractivity (Wildman–Crippen MR) is 142 cm³/mol. The normalized spacial score (nSPS) is 29.1. The van der Waals surface area contributed by atoms with Crippen molar-refractivity contribution in [3.63, 3.8) is 0 Å². The van der Waals surface area contributed by atoms with Gasteiger partial charge in [0, 0.05) is 18.0 Å². The summed E-state index contributed by atoms with van der Waals surface area (Å²) in [5, 5.41) is 63.2. The summed E-state index contributed by atoms with van der Waals surface area (Å²) in [5.41, 5.74) is -0.963. The molecule has 16 nitrogen and oxygen atoms in total. The molecule has 1 spiro atoms. The van der Waals surface area contributed by atoms with Crippen LogP contribution in [-0.4, -0.2) is 121 Å². The van der Waals surface area contributed by atoms with E-state index in [0.29, 0.717) is 24.9 Å². The van der Waals surface area contributed by atoms with Crippen LogP contribution in [0.4, 0.5) is 0 Å². The van der Waals surface area contributed by atoms with Crippen LogP contribution in [0.1, 0.15) is 37.3 Å². The number of piperidine rings is 1. The summed E-state index contributed by atoms with van der Waals surface area (Å²) in [6.45, 7) is 1.56. The number of nitrogens with zero attached hydrogens (tertiary/aromatic N) is 1. The highest BCUT2D eigenvalue weighted by atomic mass is 16.6. The zero-order chi connectivity index (χ0) is 32.3. The van der Waals surface area contributed by atoms with E-state index in [1.165, 1.54) is 12.1 Å². The van der Waals surface area contributed by atoms with Gasteiger partial charge in [0.05, 0.1) is 17.4 Å². The Morgan fingerprint density at radius 1 is 1.14 bits per heavy atom. The fourth-order valence-electron chi connectivity index (χ4n) is 6.83. The van der Waals surface area contributed by atoms with E-state index in [1.807, 2.05) is 17.3 Å². The van der Waals surface area contributed by atoms with Crippen LogP contribution in [0, 0.1) is 0 Å². The van der Waals surface area contributed by atoms with Crippen LogP contribution >= 0.6 is 0 Å². The number of phenolic OH excluding ortho intramolecular Hbond substituents is 1. The molecule has 1 saturated heterocycles. The number of carboxylic acids is 2. The molecule has 16 heteroatoms. The summed E-state index contributed by atoms with van der Waals surface area (Å²) in [6.07, 6.45) is -6.49. The standard InChI is InChI=1S/C28H32N2O14/c1-11(23(36)29-13(24(37)38)10-17(32)33)42-25(39)19(34)20(35)26(40)43-15-5-6-28(41)16-9-12-3-4-14(31)21-18(12)27(28,22(15)44-21)7-8-30(16)2/h3-5,11,13,16,19-20,22,31,34-35,41H,6-10H2,1-2H3,(H,29,36)(H,32,33)(H,37,38)/t11-,13+,16-,19+,20+,22-,27-,28+/m0/s1. The lowest BCUT2D eigenvalue weighted by molar-refractivity contribution is -0.181. The van der Waals surface area contributed by atoms with Crippen LogP contribution in [-0.2, 0) is 45.3 Å². The molecule has 1 aromatic carbocycles. The number of nitrogens with one attached hydrogen (secondary N) is 1. The molecule has 0 saturated carbocycles. The van der Waals surface area contributed by atoms with Gasteiger partial charge in [-0.3, -0.25) is 9.59 Å². The number of esters is 2. The van der Waals surface area contributed by atoms with Gasteiger partial charge in [-0.05, 0) is 51.1 Å². The third kappa shape index (κ3) is 4.74. The quantitative estimate of drug-likeness (QED) is 0.139. The first-order valence-electron chi connectivity index (χ1n) is 13.8. The van der Waals surface area contributed by atoms with E-state index in [-0.39, 0.29) is 29.7 Å². The minimum Gasteiger partial charge on any atom is -0.504 e. The number of carbonyl (C=O) groups excluding carboxylic acids is 3. The third-order valence-corrected chi connectivity index (χ3v) is 9.01. The second kappa shape index (κ2) is 11.0. The van der Waals surface area contributed by atoms with Crippen molar-refractivity contribution in [1.29, 1.82) is 0 Å². The van der Waals surface area contributed by atoms with Crippen molar-refractivity contribution in [2.75, 3.05) is 13.6 Å². The summed E-state index contributed by atoms with van der Waals surface area (Å²) in [6, 6.07) is 1.10. The van der Waals surface area contributed by atoms with E-state index in [2.05, 4.69) is 0 Å². The number of amides is 1. The number of aromatic hydroxyl groups is 1. The van der Waals surface area contributed by atoms with E-state index < -0.39 is 77.7 Å². The van der Waals surface area contributed by atoms with Crippen LogP contribution < -0.4 is 10.1 Å². The van der Waals surface area contributed by atoms with Crippen molar-refractivity contribution in [3.8, 4) is 11.5 Å². The first-order chi connectivity index (χ1) is 20.6. The SMILES string of the molecule is C[C@H](OC(=O)[C@H](O)[C@@H](O)C(=O)OC1=CC[C@@]2(O)[C@@H]3Cc4ccc(O)c5c4[C@@]2(CCN3C)[C@H]1O5)C(=O)N[C@H](CC(=O)O)C(=O)O. The molecule has 0 radical (unpaired) electrons. The number of benzene rings is 1. The predicted octanol–water partition coefficient (Wildman–Crippen LogP) is -2.09. The van der Waals surface area contributed by atoms with E-state index in [0.717, 1.165) is 12.5 Å². The van der Waals surface area contributed by atoms with E-state index in [9.17, 15) is 44.4 Å². The van der Waals surface area contributed by atoms with Crippen LogP contribution in [0.15, 0.2) is 24.0 Å². The van der Waals surface area contributed by atoms with Gasteiger partial charge in [0.25, 0.3) is 5.91 Å². The fourth-order valence-corrected chi connectivity index (χ4v) is 6.83. The van der Waals surface area contributed by atoms with Gasteiger partial charge in [0.1, 0.15) is 11.8 Å². The Bertz CT molecular complexity index is 1460. The number of carbonyl (C=O) groups is 5. The Morgan fingerprint density at radius 3 is 2.48 bits per heavy atom. The number of carboxylic acid groups (broad SMARTS) is 2. The Morgan fingerprint density at radius 2 is 1.82 bits per heavy atom. The van der Waals surface area contributed by atoms with Crippen LogP contribution in [0.3, 0.4) is 0 Å². The van der Waals surface area contributed by atoms with Crippen LogP contribution in [0.25, 0.3) is 0 Å². The molecular weight excluding hydrogens is 588 g/mol. The zero-order valence-corrected chi connectivity index (χ0v) is 23.6. The van der Waals surface area contributed by atoms with Crippen molar-refractivity contribution in [3.05, 3.63) is 35.1 Å². The van der Waals surface area contributed by atoms with E-state index in [4.69, 9.17) is 24.4 Å². The van der Waals surface area contributed by atoms with Crippen LogP contribution in [0.5, 0.6) is 11.5 Å². The molecule has 2 aliphatic carbocycles. The Kier molecular flexibility index (Phi) is 7.82. The lowest BCUT2D eigenvalue weighted by atomic mass is 9.50. The summed E-state index contributed by atoms with van der Waals surface area (Å²) >= 11 is 0. The number of rotatable bonds is 10. The molecule has 2 aliphatic heterocycles. The molecule has 2 heterocycles. The van der Waals surface area contributed by atoms with Crippen molar-refractivity contribution >= 4 is 29.8 Å². The van der Waals surface area contributed by atoms with Gasteiger partial charge >= 0.3 is 23.9 Å². The second-order valence-electron chi connectivity index (χ2n) is 11.5. The molecule has 2 bridgehead atoms. The van der Waals surface area contributed by atoms with Gasteiger partial charge in [-0.15, -0.1) is 0 Å². The zero-order valence-electron chi connectivity index (χ0n) is 23.6. The molecule has 8 atom stereocenters. The van der Waals surface area contributed by atoms with Gasteiger partial charge in [-0.25, -0.2) is 14.4 Å². The second-order valence-corrected chi connectivity index (χ2v) is 11.5. The maximum atomic E-state index is 12.9. The Labute approximate surface area is 249 Å². The summed E-state index contributed by atoms with van der Waals surface area (Å²) in [5.74, 6) is -7.59. The number of likely N-dealkylation sites (tertiary alicyclic amines) is 1. The summed E-state index contributed by atoms with van der Waals surface area (Å²) in [4.78, 5) is 61.6. The number of aliphatic carboxylic acids is 2. The van der Waals surface area contributed by atoms with Gasteiger partial charge in [0.2, 0.25) is 0 Å². The average molecular weight is 621 g/mol. The average Bonchev–Trinajstić information content (AvgIpc) is 3.32. The first kappa shape index (κ1) is 31.2. The summed E-state index contributed by atoms with van der Waals surface area (Å²) in [7, 11) is 1.90. The van der Waals surface area contributed by atoms with Gasteiger partial charge in [-0.1, -0.05) is 6.07 Å². The minimum absolute atomic E-state index is 0.0333. The first-order valence-corrected chi connectivity index (χ1v) is 13.8. The van der Waals surface area contributed by atoms with Crippen LogP contribution in [0.2, 0.25) is 0 Å². The molecule has 44 heavy (non-hydrogen) atoms. The highest BCUT2D eigenvalue weighted by molar-refractivity contribution is 5.91. The number of aliphatic hydroxyl groups excluding tert-OH is 2. The fraction of sp³-hybridized carbons (Fsp3) is 0.536. The Hall–Kier alpha value is -4.25. The monoisotopic (exact) mass is 620 g/mol. The van der Waals surface area contributed by atoms with E-state index in [1.54, 1.807) is 6.07 Å². The lowest BCUT2D eigenvalue weighted by Gasteiger charge is -2.61. The number of likely N-dealkylation sites (N-methyl/N-ethyl adjacent to an activating group) is 1. The van der Waals surface area contributed by atoms with Gasteiger partial charge in [0.15, 0.2) is 35.9 Å². The molecule has 238 valence electrons. The molecule has 1 fully saturated rings. The Balaban J connectivity index is 1.29. The lowest BCUT2D eigenvalue weighted by Crippen LogP contribution is -2.74. The molecule has 4 aliphatic rings. The minimum atomic E-state index is -2.54. The number of hydrogen-bond acceptors (Lipinski definition) is 13. The third-order valence-electron chi connectivity index (χ3n) is 9.01. The number of phenols is 1. The smallest absolute Gasteiger partial charge is 0.343 e. The number of ether oxygens (including phenoxy) is 3. The largest absolute Gasteiger partial charge is 0.504 e. The maximum absolute atomic E-state index is 12.9. The van der Waals surface area contributed by atoms with Gasteiger partial charge < -0.3 is 55.1 Å². The highest BCUT2D eigenvalue weighted by Gasteiger charge is 2.72. The van der Waals surface area contributed by atoms with Crippen molar-refractivity contribution in [2.24, 2.45) is 0 Å². The molecule has 0 unspecified atom stereocenters. The topological polar surface area (TPSA) is 250 Å².